The summed E-state index contributed by atoms with van der Waals surface area (Å²) in [6.45, 7) is 2.08. The first kappa shape index (κ1) is 24.7. The lowest BCUT2D eigenvalue weighted by molar-refractivity contribution is -0.113. The molecule has 8 nitrogen and oxygen atoms in total. The Hall–Kier alpha value is -4.01. The number of methoxy groups -OCH3 is 1. The first-order valence-corrected chi connectivity index (χ1v) is 12.2. The average molecular weight is 536 g/mol. The highest BCUT2D eigenvalue weighted by Crippen LogP contribution is 2.39. The summed E-state index contributed by atoms with van der Waals surface area (Å²) in [7, 11) is 1.56. The van der Waals surface area contributed by atoms with E-state index in [9.17, 15) is 4.79 Å². The van der Waals surface area contributed by atoms with Gasteiger partial charge >= 0.3 is 0 Å². The van der Waals surface area contributed by atoms with Gasteiger partial charge in [0, 0.05) is 27.0 Å². The summed E-state index contributed by atoms with van der Waals surface area (Å²) in [6.07, 6.45) is 1.45. The van der Waals surface area contributed by atoms with Gasteiger partial charge in [-0.25, -0.2) is 4.68 Å². The van der Waals surface area contributed by atoms with E-state index in [4.69, 9.17) is 32.7 Å². The number of allylic oxidation sites excluding steroid dienone is 1. The molecular formula is C27H23Cl2N5O3. The number of fused-ring (bicyclic) bond motifs is 1. The molecule has 2 N–H and O–H groups in total. The Kier molecular flexibility index (Phi) is 7.03. The van der Waals surface area contributed by atoms with E-state index in [1.165, 1.54) is 6.33 Å². The molecule has 1 atom stereocenters. The van der Waals surface area contributed by atoms with Crippen molar-refractivity contribution in [2.45, 2.75) is 19.6 Å². The Morgan fingerprint density at radius 1 is 1.08 bits per heavy atom. The van der Waals surface area contributed by atoms with Gasteiger partial charge in [-0.15, -0.1) is 0 Å². The maximum absolute atomic E-state index is 13.5. The summed E-state index contributed by atoms with van der Waals surface area (Å²) in [5, 5.41) is 11.6. The number of hydrogen-bond donors (Lipinski definition) is 2. The molecule has 0 saturated heterocycles. The zero-order chi connectivity index (χ0) is 25.9. The molecule has 0 aliphatic carbocycles. The van der Waals surface area contributed by atoms with Crippen molar-refractivity contribution in [3.05, 3.63) is 105 Å². The fourth-order valence-corrected chi connectivity index (χ4v) is 4.64. The molecule has 0 unspecified atom stereocenters. The molecule has 1 aromatic heterocycles. The van der Waals surface area contributed by atoms with Crippen LogP contribution in [0.25, 0.3) is 0 Å². The van der Waals surface area contributed by atoms with Gasteiger partial charge < -0.3 is 20.1 Å². The number of anilines is 2. The zero-order valence-electron chi connectivity index (χ0n) is 20.0. The van der Waals surface area contributed by atoms with Gasteiger partial charge in [-0.1, -0.05) is 53.5 Å². The second-order valence-electron chi connectivity index (χ2n) is 8.35. The Morgan fingerprint density at radius 2 is 1.89 bits per heavy atom. The molecule has 3 aromatic carbocycles. The number of amides is 1. The molecule has 5 rings (SSSR count). The predicted octanol–water partition coefficient (Wildman–Crippen LogP) is 6.10. The molecule has 0 saturated carbocycles. The van der Waals surface area contributed by atoms with E-state index in [2.05, 4.69) is 20.7 Å². The molecule has 4 aromatic rings. The van der Waals surface area contributed by atoms with Crippen LogP contribution in [-0.4, -0.2) is 27.8 Å². The summed E-state index contributed by atoms with van der Waals surface area (Å²) in [5.41, 5.74) is 3.44. The van der Waals surface area contributed by atoms with Crippen LogP contribution in [0.2, 0.25) is 10.0 Å². The van der Waals surface area contributed by atoms with Crippen LogP contribution in [0.3, 0.4) is 0 Å². The van der Waals surface area contributed by atoms with E-state index in [0.717, 1.165) is 11.1 Å². The van der Waals surface area contributed by atoms with Crippen LogP contribution in [0.15, 0.2) is 84.3 Å². The van der Waals surface area contributed by atoms with Gasteiger partial charge in [0.25, 0.3) is 5.91 Å². The minimum Gasteiger partial charge on any atom is -0.493 e. The molecule has 10 heteroatoms. The largest absolute Gasteiger partial charge is 0.493 e. The van der Waals surface area contributed by atoms with E-state index >= 15 is 0 Å². The number of carbonyl (C=O) groups is 1. The van der Waals surface area contributed by atoms with Crippen LogP contribution in [0.4, 0.5) is 11.6 Å². The van der Waals surface area contributed by atoms with E-state index in [0.29, 0.717) is 44.5 Å². The zero-order valence-corrected chi connectivity index (χ0v) is 21.5. The topological polar surface area (TPSA) is 90.3 Å². The number of halogens is 2. The summed E-state index contributed by atoms with van der Waals surface area (Å²) in [6, 6.07) is 19.5. The molecule has 0 spiro atoms. The van der Waals surface area contributed by atoms with Crippen molar-refractivity contribution in [2.24, 2.45) is 0 Å². The minimum absolute atomic E-state index is 0.232. The maximum atomic E-state index is 13.5. The number of rotatable bonds is 7. The number of hydrogen-bond acceptors (Lipinski definition) is 6. The van der Waals surface area contributed by atoms with Crippen molar-refractivity contribution in [2.75, 3.05) is 17.7 Å². The second kappa shape index (κ2) is 10.5. The molecule has 37 heavy (non-hydrogen) atoms. The van der Waals surface area contributed by atoms with Crippen molar-refractivity contribution >= 4 is 40.7 Å². The molecular weight excluding hydrogens is 513 g/mol. The van der Waals surface area contributed by atoms with Gasteiger partial charge in [-0.3, -0.25) is 4.79 Å². The smallest absolute Gasteiger partial charge is 0.255 e. The van der Waals surface area contributed by atoms with Crippen LogP contribution < -0.4 is 20.1 Å². The van der Waals surface area contributed by atoms with Crippen LogP contribution in [0.1, 0.15) is 24.1 Å². The summed E-state index contributed by atoms with van der Waals surface area (Å²) in [5.74, 6) is 1.32. The quantitative estimate of drug-likeness (QED) is 0.297. The van der Waals surface area contributed by atoms with Gasteiger partial charge in [0.2, 0.25) is 5.95 Å². The molecule has 0 bridgehead atoms. The van der Waals surface area contributed by atoms with Crippen molar-refractivity contribution in [3.63, 3.8) is 0 Å². The van der Waals surface area contributed by atoms with Crippen LogP contribution >= 0.6 is 23.2 Å². The summed E-state index contributed by atoms with van der Waals surface area (Å²) in [4.78, 5) is 17.8. The van der Waals surface area contributed by atoms with Gasteiger partial charge in [-0.2, -0.15) is 10.1 Å². The van der Waals surface area contributed by atoms with Crippen molar-refractivity contribution in [1.82, 2.24) is 14.8 Å². The van der Waals surface area contributed by atoms with Gasteiger partial charge in [0.1, 0.15) is 19.0 Å². The second-order valence-corrected chi connectivity index (χ2v) is 9.19. The minimum atomic E-state index is -0.545. The third kappa shape index (κ3) is 5.12. The number of ether oxygens (including phenoxy) is 2. The third-order valence-electron chi connectivity index (χ3n) is 5.97. The Bertz CT molecular complexity index is 1490. The molecule has 1 amide bonds. The molecule has 0 fully saturated rings. The normalized spacial score (nSPS) is 14.5. The van der Waals surface area contributed by atoms with Crippen molar-refractivity contribution < 1.29 is 14.3 Å². The molecule has 1 aliphatic heterocycles. The van der Waals surface area contributed by atoms with E-state index in [1.54, 1.807) is 30.0 Å². The van der Waals surface area contributed by atoms with E-state index < -0.39 is 6.04 Å². The Morgan fingerprint density at radius 3 is 2.65 bits per heavy atom. The standard InChI is InChI=1S/C27H23Cl2N5O3/c1-16-24(26(35)33-20-6-4-3-5-7-20)25(34-27(32-16)30-15-31-34)17-9-11-22(23(12-17)36-2)37-14-18-8-10-19(28)13-21(18)29/h3-13,15,25H,14H2,1-2H3,(H,33,35)(H,30,31,32)/t25-/m0/s1. The SMILES string of the molecule is COc1cc([C@H]2C(C(=O)Nc3ccccc3)=C(C)Nc3ncnn32)ccc1OCc1ccc(Cl)cc1Cl. The molecule has 1 aliphatic rings. The highest BCUT2D eigenvalue weighted by atomic mass is 35.5. The molecule has 0 radical (unpaired) electrons. The highest BCUT2D eigenvalue weighted by Gasteiger charge is 2.34. The van der Waals surface area contributed by atoms with Crippen LogP contribution in [0, 0.1) is 0 Å². The number of carbonyl (C=O) groups excluding carboxylic acids is 1. The lowest BCUT2D eigenvalue weighted by Gasteiger charge is -2.29. The lowest BCUT2D eigenvalue weighted by Crippen LogP contribution is -2.31. The van der Waals surface area contributed by atoms with Gasteiger partial charge in [0.15, 0.2) is 11.5 Å². The first-order valence-electron chi connectivity index (χ1n) is 11.4. The van der Waals surface area contributed by atoms with Crippen LogP contribution in [0.5, 0.6) is 11.5 Å². The fourth-order valence-electron chi connectivity index (χ4n) is 4.18. The monoisotopic (exact) mass is 535 g/mol. The van der Waals surface area contributed by atoms with E-state index in [-0.39, 0.29) is 12.5 Å². The fraction of sp³-hybridized carbons (Fsp3) is 0.148. The number of benzene rings is 3. The number of para-hydroxylation sites is 1. The van der Waals surface area contributed by atoms with Gasteiger partial charge in [0.05, 0.1) is 12.7 Å². The van der Waals surface area contributed by atoms with Gasteiger partial charge in [-0.05, 0) is 48.9 Å². The number of aromatic nitrogens is 3. The third-order valence-corrected chi connectivity index (χ3v) is 6.56. The number of nitrogens with one attached hydrogen (secondary N) is 2. The summed E-state index contributed by atoms with van der Waals surface area (Å²) < 4.78 is 13.3. The maximum Gasteiger partial charge on any atom is 0.255 e. The first-order chi connectivity index (χ1) is 17.9. The van der Waals surface area contributed by atoms with E-state index in [1.807, 2.05) is 55.5 Å². The summed E-state index contributed by atoms with van der Waals surface area (Å²) >= 11 is 12.3. The molecule has 188 valence electrons. The predicted molar refractivity (Wildman–Crippen MR) is 143 cm³/mol. The van der Waals surface area contributed by atoms with Crippen molar-refractivity contribution in [3.8, 4) is 11.5 Å². The highest BCUT2D eigenvalue weighted by molar-refractivity contribution is 6.35. The van der Waals surface area contributed by atoms with Crippen molar-refractivity contribution in [1.29, 1.82) is 0 Å². The number of nitrogens with zero attached hydrogens (tertiary/aromatic N) is 3. The van der Waals surface area contributed by atoms with Crippen LogP contribution in [-0.2, 0) is 11.4 Å². The lowest BCUT2D eigenvalue weighted by atomic mass is 9.94. The Labute approximate surface area is 223 Å². The Balaban J connectivity index is 1.47. The molecule has 2 heterocycles. The average Bonchev–Trinajstić information content (AvgIpc) is 3.36.